The van der Waals surface area contributed by atoms with E-state index >= 15 is 0 Å². The van der Waals surface area contributed by atoms with E-state index in [-0.39, 0.29) is 42.7 Å². The highest BCUT2D eigenvalue weighted by Gasteiger charge is 2.35. The minimum atomic E-state index is -0.498. The lowest BCUT2D eigenvalue weighted by atomic mass is 9.99. The van der Waals surface area contributed by atoms with E-state index in [2.05, 4.69) is 15.6 Å². The first kappa shape index (κ1) is 27.1. The zero-order valence-electron chi connectivity index (χ0n) is 23.0. The van der Waals surface area contributed by atoms with Gasteiger partial charge in [-0.3, -0.25) is 19.4 Å². The Labute approximate surface area is 242 Å². The smallest absolute Gasteiger partial charge is 0.258 e. The molecular formula is C32H30N4O6. The molecule has 2 N–H and O–H groups in total. The van der Waals surface area contributed by atoms with Gasteiger partial charge in [0, 0.05) is 48.8 Å². The summed E-state index contributed by atoms with van der Waals surface area (Å²) in [7, 11) is 1.49. The lowest BCUT2D eigenvalue weighted by Crippen LogP contribution is -2.58. The second kappa shape index (κ2) is 11.8. The molecular weight excluding hydrogens is 536 g/mol. The molecule has 3 aliphatic heterocycles. The maximum Gasteiger partial charge on any atom is 0.258 e. The second-order valence-electron chi connectivity index (χ2n) is 10.3. The molecule has 4 aromatic rings. The van der Waals surface area contributed by atoms with Gasteiger partial charge in [-0.25, -0.2) is 0 Å². The number of likely N-dealkylation sites (tertiary alicyclic amines) is 1. The van der Waals surface area contributed by atoms with E-state index in [0.717, 1.165) is 16.5 Å². The van der Waals surface area contributed by atoms with Crippen molar-refractivity contribution in [3.8, 4) is 17.2 Å². The van der Waals surface area contributed by atoms with Gasteiger partial charge < -0.3 is 29.7 Å². The van der Waals surface area contributed by atoms with Crippen LogP contribution >= 0.6 is 0 Å². The van der Waals surface area contributed by atoms with Crippen LogP contribution < -0.4 is 24.8 Å². The molecule has 10 heteroatoms. The maximum absolute atomic E-state index is 13.6. The molecule has 3 amide bonds. The summed E-state index contributed by atoms with van der Waals surface area (Å²) < 4.78 is 17.4. The molecule has 1 aromatic heterocycles. The molecule has 4 bridgehead atoms. The number of fused-ring (bicyclic) bond motifs is 8. The second-order valence-corrected chi connectivity index (χ2v) is 10.3. The van der Waals surface area contributed by atoms with Gasteiger partial charge in [0.05, 0.1) is 18.7 Å². The van der Waals surface area contributed by atoms with Crippen LogP contribution in [0.1, 0.15) is 32.7 Å². The molecule has 1 fully saturated rings. The fraction of sp³-hybridized carbons (Fsp3) is 0.250. The first-order valence-electron chi connectivity index (χ1n) is 13.7. The van der Waals surface area contributed by atoms with Crippen LogP contribution in [-0.4, -0.2) is 66.6 Å². The summed E-state index contributed by atoms with van der Waals surface area (Å²) in [6.45, 7) is 0.810. The van der Waals surface area contributed by atoms with Crippen molar-refractivity contribution in [2.75, 3.05) is 26.8 Å². The van der Waals surface area contributed by atoms with Gasteiger partial charge in [-0.2, -0.15) is 0 Å². The van der Waals surface area contributed by atoms with Crippen molar-refractivity contribution in [1.29, 1.82) is 0 Å². The van der Waals surface area contributed by atoms with E-state index in [9.17, 15) is 14.4 Å². The molecule has 1 saturated heterocycles. The van der Waals surface area contributed by atoms with E-state index in [1.165, 1.54) is 7.11 Å². The summed E-state index contributed by atoms with van der Waals surface area (Å²) in [5.74, 6) is 0.502. The Morgan fingerprint density at radius 2 is 1.90 bits per heavy atom. The molecule has 7 rings (SSSR count). The fourth-order valence-electron chi connectivity index (χ4n) is 5.22. The van der Waals surface area contributed by atoms with Gasteiger partial charge in [-0.05, 0) is 60.2 Å². The van der Waals surface area contributed by atoms with Crippen molar-refractivity contribution < 1.29 is 28.6 Å². The van der Waals surface area contributed by atoms with Crippen LogP contribution in [0.5, 0.6) is 17.2 Å². The number of carbonyl (C=O) groups is 3. The van der Waals surface area contributed by atoms with Crippen LogP contribution in [0, 0.1) is 0 Å². The number of pyridine rings is 1. The first-order chi connectivity index (χ1) is 20.5. The Balaban J connectivity index is 1.29. The Kier molecular flexibility index (Phi) is 7.59. The number of nitrogens with zero attached hydrogens (tertiary/aromatic N) is 2. The average molecular weight is 567 g/mol. The summed E-state index contributed by atoms with van der Waals surface area (Å²) in [5, 5.41) is 6.79. The van der Waals surface area contributed by atoms with Gasteiger partial charge in [-0.15, -0.1) is 0 Å². The van der Waals surface area contributed by atoms with Crippen LogP contribution in [-0.2, 0) is 11.3 Å². The number of amides is 3. The third kappa shape index (κ3) is 5.83. The van der Waals surface area contributed by atoms with Crippen LogP contribution in [0.25, 0.3) is 10.9 Å². The fourth-order valence-corrected chi connectivity index (χ4v) is 5.22. The summed E-state index contributed by atoms with van der Waals surface area (Å²) in [6, 6.07) is 20.9. The van der Waals surface area contributed by atoms with E-state index in [1.54, 1.807) is 35.4 Å². The molecule has 0 spiro atoms. The predicted octanol–water partition coefficient (Wildman–Crippen LogP) is 3.34. The number of nitrogens with one attached hydrogen (secondary N) is 2. The molecule has 3 aliphatic rings. The van der Waals surface area contributed by atoms with Crippen molar-refractivity contribution in [2.24, 2.45) is 0 Å². The highest BCUT2D eigenvalue weighted by molar-refractivity contribution is 5.98. The van der Waals surface area contributed by atoms with Crippen LogP contribution in [0.2, 0.25) is 0 Å². The molecule has 3 aromatic carbocycles. The van der Waals surface area contributed by atoms with Crippen molar-refractivity contribution in [2.45, 2.75) is 25.1 Å². The zero-order valence-corrected chi connectivity index (χ0v) is 23.0. The van der Waals surface area contributed by atoms with Crippen molar-refractivity contribution in [3.05, 3.63) is 95.7 Å². The molecule has 0 radical (unpaired) electrons. The van der Waals surface area contributed by atoms with Gasteiger partial charge in [0.2, 0.25) is 0 Å². The average Bonchev–Trinajstić information content (AvgIpc) is 3.03. The molecule has 0 unspecified atom stereocenters. The molecule has 0 saturated carbocycles. The largest absolute Gasteiger partial charge is 0.493 e. The van der Waals surface area contributed by atoms with E-state index < -0.39 is 6.04 Å². The Hall–Kier alpha value is -5.12. The van der Waals surface area contributed by atoms with Gasteiger partial charge in [-0.1, -0.05) is 18.2 Å². The van der Waals surface area contributed by atoms with Crippen LogP contribution in [0.3, 0.4) is 0 Å². The van der Waals surface area contributed by atoms with Crippen LogP contribution in [0.15, 0.2) is 79.0 Å². The lowest BCUT2D eigenvalue weighted by Gasteiger charge is -2.39. The third-order valence-electron chi connectivity index (χ3n) is 7.49. The monoisotopic (exact) mass is 566 g/mol. The Morgan fingerprint density at radius 3 is 2.74 bits per heavy atom. The molecule has 2 atom stereocenters. The third-order valence-corrected chi connectivity index (χ3v) is 7.49. The highest BCUT2D eigenvalue weighted by atomic mass is 16.5. The minimum Gasteiger partial charge on any atom is -0.493 e. The number of hydrogen-bond acceptors (Lipinski definition) is 7. The summed E-state index contributed by atoms with van der Waals surface area (Å²) >= 11 is 0. The number of hydrogen-bond donors (Lipinski definition) is 2. The van der Waals surface area contributed by atoms with Gasteiger partial charge in [0.1, 0.15) is 11.9 Å². The summed E-state index contributed by atoms with van der Waals surface area (Å²) in [6.07, 6.45) is 1.85. The van der Waals surface area contributed by atoms with Crippen molar-refractivity contribution in [1.82, 2.24) is 20.5 Å². The quantitative estimate of drug-likeness (QED) is 0.382. The maximum atomic E-state index is 13.6. The number of piperidine rings is 1. The molecule has 214 valence electrons. The van der Waals surface area contributed by atoms with Crippen molar-refractivity contribution in [3.63, 3.8) is 0 Å². The Morgan fingerprint density at radius 1 is 1.05 bits per heavy atom. The lowest BCUT2D eigenvalue weighted by molar-refractivity contribution is -0.123. The summed E-state index contributed by atoms with van der Waals surface area (Å²) in [4.78, 5) is 45.6. The Bertz CT molecular complexity index is 1640. The number of ether oxygens (including phenoxy) is 3. The minimum absolute atomic E-state index is 0.126. The predicted molar refractivity (Wildman–Crippen MR) is 155 cm³/mol. The molecule has 4 heterocycles. The van der Waals surface area contributed by atoms with E-state index in [4.69, 9.17) is 14.2 Å². The zero-order chi connectivity index (χ0) is 29.1. The van der Waals surface area contributed by atoms with Gasteiger partial charge in [0.15, 0.2) is 18.1 Å². The van der Waals surface area contributed by atoms with Gasteiger partial charge in [0.25, 0.3) is 17.7 Å². The number of aromatic nitrogens is 1. The van der Waals surface area contributed by atoms with Crippen molar-refractivity contribution >= 4 is 28.6 Å². The number of carbonyl (C=O) groups excluding carboxylic acids is 3. The standard InChI is InChI=1S/C32H30N4O6/c1-40-28-11-7-22-16-29(28)41-19-30(37)34-17-20-4-8-24(9-5-20)42-27-12-14-36(18-26(27)35-31(22)38)32(39)23-6-10-25-21(15-23)3-2-13-33-25/h2-11,13,15-16,26-27H,12,14,17-19H2,1H3,(H,34,37)(H,35,38)/t26-,27+/m0/s1. The topological polar surface area (TPSA) is 119 Å². The molecule has 42 heavy (non-hydrogen) atoms. The SMILES string of the molecule is COc1ccc2cc1OCC(=O)NCc1ccc(cc1)O[C@@H]1CCN(C(=O)c3ccc4ncccc4c3)C[C@@H]1NC2=O. The number of methoxy groups -OCH3 is 1. The van der Waals surface area contributed by atoms with E-state index in [1.807, 2.05) is 48.5 Å². The number of rotatable bonds is 2. The molecule has 10 nitrogen and oxygen atoms in total. The first-order valence-corrected chi connectivity index (χ1v) is 13.7. The van der Waals surface area contributed by atoms with Crippen LogP contribution in [0.4, 0.5) is 0 Å². The molecule has 0 aliphatic carbocycles. The highest BCUT2D eigenvalue weighted by Crippen LogP contribution is 2.29. The normalized spacial score (nSPS) is 19.0. The number of benzene rings is 3. The summed E-state index contributed by atoms with van der Waals surface area (Å²) in [5.41, 5.74) is 2.59. The van der Waals surface area contributed by atoms with Gasteiger partial charge >= 0.3 is 0 Å². The van der Waals surface area contributed by atoms with E-state index in [0.29, 0.717) is 42.1 Å².